The molecule has 0 unspecified atom stereocenters. The fourth-order valence-corrected chi connectivity index (χ4v) is 2.30. The van der Waals surface area contributed by atoms with Crippen molar-refractivity contribution in [3.8, 4) is 0 Å². The number of carbonyl (C=O) groups is 1. The van der Waals surface area contributed by atoms with E-state index < -0.39 is 0 Å². The number of benzene rings is 2. The van der Waals surface area contributed by atoms with Gasteiger partial charge >= 0.3 is 0 Å². The molecule has 0 saturated heterocycles. The van der Waals surface area contributed by atoms with Gasteiger partial charge in [0.1, 0.15) is 0 Å². The lowest BCUT2D eigenvalue weighted by atomic mass is 10.1. The molecule has 0 heterocycles. The van der Waals surface area contributed by atoms with Crippen molar-refractivity contribution in [1.82, 2.24) is 5.32 Å². The summed E-state index contributed by atoms with van der Waals surface area (Å²) in [6.07, 6.45) is 0.892. The Morgan fingerprint density at radius 1 is 1.05 bits per heavy atom. The Hall–Kier alpha value is -1.84. The van der Waals surface area contributed by atoms with E-state index in [1.54, 1.807) is 0 Å². The summed E-state index contributed by atoms with van der Waals surface area (Å²) in [7, 11) is 0. The number of rotatable bonds is 6. The van der Waals surface area contributed by atoms with E-state index in [9.17, 15) is 4.79 Å². The third-order valence-electron chi connectivity index (χ3n) is 3.23. The Labute approximate surface area is 130 Å². The van der Waals surface area contributed by atoms with Crippen LogP contribution in [-0.4, -0.2) is 12.5 Å². The molecule has 0 spiro atoms. The molecule has 2 aromatic rings. The molecule has 0 radical (unpaired) electrons. The van der Waals surface area contributed by atoms with Crippen LogP contribution in [0.2, 0.25) is 5.02 Å². The maximum absolute atomic E-state index is 11.9. The molecule has 0 aliphatic carbocycles. The number of hydrogen-bond donors (Lipinski definition) is 2. The second-order valence-corrected chi connectivity index (χ2v) is 5.16. The van der Waals surface area contributed by atoms with Crippen LogP contribution in [0.4, 0.5) is 5.69 Å². The van der Waals surface area contributed by atoms with E-state index in [2.05, 4.69) is 17.6 Å². The van der Waals surface area contributed by atoms with Crippen LogP contribution < -0.4 is 10.6 Å². The van der Waals surface area contributed by atoms with Crippen LogP contribution in [-0.2, 0) is 17.8 Å². The third-order valence-corrected chi connectivity index (χ3v) is 3.60. The van der Waals surface area contributed by atoms with Gasteiger partial charge in [-0.25, -0.2) is 0 Å². The topological polar surface area (TPSA) is 41.1 Å². The molecule has 0 aromatic heterocycles. The summed E-state index contributed by atoms with van der Waals surface area (Å²) in [5.41, 5.74) is 3.00. The molecule has 0 fully saturated rings. The fraction of sp³-hybridized carbons (Fsp3) is 0.235. The Kier molecular flexibility index (Phi) is 5.78. The van der Waals surface area contributed by atoms with E-state index in [0.717, 1.165) is 23.2 Å². The Balaban J connectivity index is 1.84. The van der Waals surface area contributed by atoms with Crippen molar-refractivity contribution in [3.05, 3.63) is 64.7 Å². The van der Waals surface area contributed by atoms with Crippen molar-refractivity contribution in [1.29, 1.82) is 0 Å². The second kappa shape index (κ2) is 7.81. The fourth-order valence-electron chi connectivity index (χ4n) is 2.10. The van der Waals surface area contributed by atoms with Crippen LogP contribution in [0.3, 0.4) is 0 Å². The van der Waals surface area contributed by atoms with Gasteiger partial charge in [0.05, 0.1) is 6.54 Å². The monoisotopic (exact) mass is 302 g/mol. The average Bonchev–Trinajstić information content (AvgIpc) is 2.50. The molecule has 0 bridgehead atoms. The summed E-state index contributed by atoms with van der Waals surface area (Å²) in [4.78, 5) is 11.9. The second-order valence-electron chi connectivity index (χ2n) is 4.75. The molecular formula is C17H19ClN2O. The molecule has 4 heteroatoms. The number of amides is 1. The highest BCUT2D eigenvalue weighted by molar-refractivity contribution is 6.31. The van der Waals surface area contributed by atoms with Crippen molar-refractivity contribution >= 4 is 23.2 Å². The van der Waals surface area contributed by atoms with Gasteiger partial charge in [-0.05, 0) is 29.7 Å². The number of hydrogen-bond acceptors (Lipinski definition) is 2. The first-order valence-electron chi connectivity index (χ1n) is 7.02. The highest BCUT2D eigenvalue weighted by Crippen LogP contribution is 2.15. The predicted molar refractivity (Wildman–Crippen MR) is 87.6 cm³/mol. The molecule has 1 amide bonds. The molecule has 21 heavy (non-hydrogen) atoms. The van der Waals surface area contributed by atoms with Gasteiger partial charge in [0, 0.05) is 17.3 Å². The molecule has 3 nitrogen and oxygen atoms in total. The number of nitrogens with one attached hydrogen (secondary N) is 2. The summed E-state index contributed by atoms with van der Waals surface area (Å²) in [5.74, 6) is -0.0528. The van der Waals surface area contributed by atoms with E-state index in [1.165, 1.54) is 0 Å². The first-order chi connectivity index (χ1) is 10.2. The third kappa shape index (κ3) is 4.59. The van der Waals surface area contributed by atoms with Crippen molar-refractivity contribution in [2.75, 3.05) is 11.9 Å². The van der Waals surface area contributed by atoms with E-state index in [-0.39, 0.29) is 12.5 Å². The molecule has 2 rings (SSSR count). The van der Waals surface area contributed by atoms with Gasteiger partial charge < -0.3 is 10.6 Å². The molecule has 110 valence electrons. The van der Waals surface area contributed by atoms with Crippen LogP contribution in [0.15, 0.2) is 48.5 Å². The van der Waals surface area contributed by atoms with Crippen LogP contribution in [0.1, 0.15) is 18.1 Å². The number of carbonyl (C=O) groups excluding carboxylic acids is 1. The van der Waals surface area contributed by atoms with Crippen LogP contribution in [0, 0.1) is 0 Å². The lowest BCUT2D eigenvalue weighted by Gasteiger charge is -2.10. The molecule has 2 aromatic carbocycles. The zero-order valence-corrected chi connectivity index (χ0v) is 12.8. The SMILES string of the molecule is CCc1ccccc1NC(=O)CNCc1ccccc1Cl. The van der Waals surface area contributed by atoms with Gasteiger partial charge in [-0.2, -0.15) is 0 Å². The van der Waals surface area contributed by atoms with E-state index in [4.69, 9.17) is 11.6 Å². The average molecular weight is 303 g/mol. The zero-order valence-electron chi connectivity index (χ0n) is 12.0. The van der Waals surface area contributed by atoms with Crippen molar-refractivity contribution in [2.24, 2.45) is 0 Å². The highest BCUT2D eigenvalue weighted by Gasteiger charge is 2.05. The first kappa shape index (κ1) is 15.5. The number of aryl methyl sites for hydroxylation is 1. The molecular weight excluding hydrogens is 284 g/mol. The maximum atomic E-state index is 11.9. The molecule has 0 aliphatic rings. The Bertz CT molecular complexity index is 613. The molecule has 0 saturated carbocycles. The van der Waals surface area contributed by atoms with Crippen LogP contribution in [0.25, 0.3) is 0 Å². The van der Waals surface area contributed by atoms with E-state index in [1.807, 2.05) is 48.5 Å². The standard InChI is InChI=1S/C17H19ClN2O/c1-2-13-7-4-6-10-16(13)20-17(21)12-19-11-14-8-3-5-9-15(14)18/h3-10,19H,2,11-12H2,1H3,(H,20,21). The number of anilines is 1. The molecule has 0 aliphatic heterocycles. The van der Waals surface area contributed by atoms with Gasteiger partial charge in [0.25, 0.3) is 0 Å². The number of para-hydroxylation sites is 1. The van der Waals surface area contributed by atoms with Gasteiger partial charge in [-0.1, -0.05) is 54.9 Å². The van der Waals surface area contributed by atoms with Crippen LogP contribution in [0.5, 0.6) is 0 Å². The molecule has 2 N–H and O–H groups in total. The summed E-state index contributed by atoms with van der Waals surface area (Å²) in [6, 6.07) is 15.4. The van der Waals surface area contributed by atoms with Gasteiger partial charge in [0.15, 0.2) is 0 Å². The van der Waals surface area contributed by atoms with Gasteiger partial charge in [-0.3, -0.25) is 4.79 Å². The lowest BCUT2D eigenvalue weighted by molar-refractivity contribution is -0.115. The maximum Gasteiger partial charge on any atom is 0.238 e. The minimum atomic E-state index is -0.0528. The Morgan fingerprint density at radius 2 is 1.71 bits per heavy atom. The van der Waals surface area contributed by atoms with E-state index >= 15 is 0 Å². The van der Waals surface area contributed by atoms with Gasteiger partial charge in [0.2, 0.25) is 5.91 Å². The van der Waals surface area contributed by atoms with Gasteiger partial charge in [-0.15, -0.1) is 0 Å². The van der Waals surface area contributed by atoms with Crippen molar-refractivity contribution < 1.29 is 4.79 Å². The highest BCUT2D eigenvalue weighted by atomic mass is 35.5. The molecule has 0 atom stereocenters. The summed E-state index contributed by atoms with van der Waals surface area (Å²) < 4.78 is 0. The van der Waals surface area contributed by atoms with E-state index in [0.29, 0.717) is 11.6 Å². The number of halogens is 1. The predicted octanol–water partition coefficient (Wildman–Crippen LogP) is 3.63. The smallest absolute Gasteiger partial charge is 0.238 e. The summed E-state index contributed by atoms with van der Waals surface area (Å²) >= 11 is 6.07. The zero-order chi connectivity index (χ0) is 15.1. The van der Waals surface area contributed by atoms with Crippen molar-refractivity contribution in [3.63, 3.8) is 0 Å². The largest absolute Gasteiger partial charge is 0.325 e. The van der Waals surface area contributed by atoms with Crippen molar-refractivity contribution in [2.45, 2.75) is 19.9 Å². The Morgan fingerprint density at radius 3 is 2.43 bits per heavy atom. The minimum absolute atomic E-state index is 0.0528. The minimum Gasteiger partial charge on any atom is -0.325 e. The summed E-state index contributed by atoms with van der Waals surface area (Å²) in [5, 5.41) is 6.74. The lowest BCUT2D eigenvalue weighted by Crippen LogP contribution is -2.28. The summed E-state index contributed by atoms with van der Waals surface area (Å²) in [6.45, 7) is 2.90. The van der Waals surface area contributed by atoms with Crippen LogP contribution >= 0.6 is 11.6 Å². The first-order valence-corrected chi connectivity index (χ1v) is 7.40. The normalized spacial score (nSPS) is 10.4. The quantitative estimate of drug-likeness (QED) is 0.855.